The van der Waals surface area contributed by atoms with Gasteiger partial charge in [0.15, 0.2) is 0 Å². The maximum Gasteiger partial charge on any atom is 0.123 e. The van der Waals surface area contributed by atoms with Gasteiger partial charge in [0.1, 0.15) is 5.82 Å². The molecule has 4 heteroatoms. The number of hydrogen-bond donors (Lipinski definition) is 1. The van der Waals surface area contributed by atoms with Gasteiger partial charge in [0.05, 0.1) is 12.7 Å². The second-order valence-electron chi connectivity index (χ2n) is 4.77. The van der Waals surface area contributed by atoms with E-state index in [0.717, 1.165) is 11.1 Å². The van der Waals surface area contributed by atoms with E-state index in [1.54, 1.807) is 12.1 Å². The summed E-state index contributed by atoms with van der Waals surface area (Å²) in [7, 11) is 0. The second kappa shape index (κ2) is 6.84. The van der Waals surface area contributed by atoms with Crippen molar-refractivity contribution >= 4 is 11.6 Å². The van der Waals surface area contributed by atoms with Crippen molar-refractivity contribution in [3.8, 4) is 0 Å². The lowest BCUT2D eigenvalue weighted by Gasteiger charge is -2.22. The van der Waals surface area contributed by atoms with Gasteiger partial charge < -0.3 is 10.5 Å². The molecule has 0 aromatic heterocycles. The van der Waals surface area contributed by atoms with Gasteiger partial charge in [-0.05, 0) is 42.3 Å². The molecule has 0 aliphatic heterocycles. The molecule has 0 saturated carbocycles. The molecular formula is C16H17ClFNO. The van der Waals surface area contributed by atoms with Crippen molar-refractivity contribution in [2.45, 2.75) is 25.7 Å². The Balaban J connectivity index is 2.06. The fourth-order valence-electron chi connectivity index (χ4n) is 1.97. The van der Waals surface area contributed by atoms with Crippen LogP contribution in [0.5, 0.6) is 0 Å². The van der Waals surface area contributed by atoms with E-state index >= 15 is 0 Å². The van der Waals surface area contributed by atoms with Crippen LogP contribution in [0.2, 0.25) is 5.02 Å². The fraction of sp³-hybridized carbons (Fsp3) is 0.250. The van der Waals surface area contributed by atoms with Gasteiger partial charge in [-0.25, -0.2) is 4.39 Å². The van der Waals surface area contributed by atoms with Crippen LogP contribution in [0.15, 0.2) is 48.5 Å². The first-order valence-electron chi connectivity index (χ1n) is 6.43. The van der Waals surface area contributed by atoms with Crippen molar-refractivity contribution in [1.82, 2.24) is 0 Å². The SMILES string of the molecule is CC(N)C(OCc1ccc(Cl)cc1)c1ccc(F)cc1. The minimum absolute atomic E-state index is 0.187. The summed E-state index contributed by atoms with van der Waals surface area (Å²) in [6.07, 6.45) is -0.272. The summed E-state index contributed by atoms with van der Waals surface area (Å²) in [6, 6.07) is 13.5. The van der Waals surface area contributed by atoms with Crippen LogP contribution >= 0.6 is 11.6 Å². The van der Waals surface area contributed by atoms with Crippen molar-refractivity contribution < 1.29 is 9.13 Å². The zero-order chi connectivity index (χ0) is 14.5. The maximum atomic E-state index is 13.0. The lowest BCUT2D eigenvalue weighted by molar-refractivity contribution is 0.0258. The Bertz CT molecular complexity index is 539. The molecule has 106 valence electrons. The molecule has 0 aliphatic rings. The molecule has 0 amide bonds. The fourth-order valence-corrected chi connectivity index (χ4v) is 2.10. The van der Waals surface area contributed by atoms with E-state index in [1.807, 2.05) is 31.2 Å². The molecule has 0 spiro atoms. The van der Waals surface area contributed by atoms with Gasteiger partial charge in [-0.3, -0.25) is 0 Å². The smallest absolute Gasteiger partial charge is 0.123 e. The monoisotopic (exact) mass is 293 g/mol. The lowest BCUT2D eigenvalue weighted by Crippen LogP contribution is -2.27. The Morgan fingerprint density at radius 3 is 2.25 bits per heavy atom. The summed E-state index contributed by atoms with van der Waals surface area (Å²) in [5, 5.41) is 0.691. The van der Waals surface area contributed by atoms with Gasteiger partial charge in [0.25, 0.3) is 0 Å². The minimum Gasteiger partial charge on any atom is -0.367 e. The Morgan fingerprint density at radius 2 is 1.70 bits per heavy atom. The number of rotatable bonds is 5. The van der Waals surface area contributed by atoms with Gasteiger partial charge in [-0.1, -0.05) is 35.9 Å². The van der Waals surface area contributed by atoms with Gasteiger partial charge in [-0.2, -0.15) is 0 Å². The van der Waals surface area contributed by atoms with Crippen LogP contribution < -0.4 is 5.73 Å². The highest BCUT2D eigenvalue weighted by Crippen LogP contribution is 2.22. The zero-order valence-electron chi connectivity index (χ0n) is 11.2. The largest absolute Gasteiger partial charge is 0.367 e. The molecule has 0 aliphatic carbocycles. The molecule has 2 N–H and O–H groups in total. The molecular weight excluding hydrogens is 277 g/mol. The van der Waals surface area contributed by atoms with E-state index < -0.39 is 0 Å². The standard InChI is InChI=1S/C16H17ClFNO/c1-11(19)16(13-4-8-15(18)9-5-13)20-10-12-2-6-14(17)7-3-12/h2-9,11,16H,10,19H2,1H3. The molecule has 0 radical (unpaired) electrons. The molecule has 0 bridgehead atoms. The normalized spacial score (nSPS) is 14.0. The van der Waals surface area contributed by atoms with Crippen LogP contribution in [0.25, 0.3) is 0 Å². The third-order valence-corrected chi connectivity index (χ3v) is 3.27. The third kappa shape index (κ3) is 4.04. The Hall–Kier alpha value is -1.42. The summed E-state index contributed by atoms with van der Waals surface area (Å²) < 4.78 is 18.8. The van der Waals surface area contributed by atoms with Crippen molar-refractivity contribution in [3.05, 3.63) is 70.5 Å². The first kappa shape index (κ1) is 15.0. The van der Waals surface area contributed by atoms with Crippen molar-refractivity contribution in [3.63, 3.8) is 0 Å². The van der Waals surface area contributed by atoms with E-state index in [1.165, 1.54) is 12.1 Å². The molecule has 2 unspecified atom stereocenters. The van der Waals surface area contributed by atoms with Gasteiger partial charge in [-0.15, -0.1) is 0 Å². The molecule has 2 aromatic carbocycles. The summed E-state index contributed by atoms with van der Waals surface area (Å²) in [5.74, 6) is -0.269. The number of hydrogen-bond acceptors (Lipinski definition) is 2. The summed E-state index contributed by atoms with van der Waals surface area (Å²) in [5.41, 5.74) is 7.84. The van der Waals surface area contributed by atoms with Crippen molar-refractivity contribution in [2.75, 3.05) is 0 Å². The van der Waals surface area contributed by atoms with Crippen LogP contribution in [0.1, 0.15) is 24.2 Å². The molecule has 2 atom stereocenters. The molecule has 2 nitrogen and oxygen atoms in total. The van der Waals surface area contributed by atoms with Gasteiger partial charge in [0.2, 0.25) is 0 Å². The highest BCUT2D eigenvalue weighted by atomic mass is 35.5. The summed E-state index contributed by atoms with van der Waals surface area (Å²) in [4.78, 5) is 0. The van der Waals surface area contributed by atoms with E-state index in [0.29, 0.717) is 11.6 Å². The van der Waals surface area contributed by atoms with Crippen LogP contribution in [0.4, 0.5) is 4.39 Å². The van der Waals surface area contributed by atoms with E-state index in [-0.39, 0.29) is 18.0 Å². The number of ether oxygens (including phenoxy) is 1. The number of nitrogens with two attached hydrogens (primary N) is 1. The summed E-state index contributed by atoms with van der Waals surface area (Å²) >= 11 is 5.84. The first-order chi connectivity index (χ1) is 9.56. The van der Waals surface area contributed by atoms with E-state index in [4.69, 9.17) is 22.1 Å². The Kier molecular flexibility index (Phi) is 5.12. The highest BCUT2D eigenvalue weighted by Gasteiger charge is 2.17. The van der Waals surface area contributed by atoms with E-state index in [2.05, 4.69) is 0 Å². The van der Waals surface area contributed by atoms with Crippen LogP contribution in [-0.4, -0.2) is 6.04 Å². The molecule has 0 heterocycles. The molecule has 0 fully saturated rings. The highest BCUT2D eigenvalue weighted by molar-refractivity contribution is 6.30. The molecule has 2 rings (SSSR count). The predicted molar refractivity (Wildman–Crippen MR) is 79.0 cm³/mol. The van der Waals surface area contributed by atoms with Gasteiger partial charge in [0, 0.05) is 11.1 Å². The predicted octanol–water partition coefficient (Wildman–Crippen LogP) is 4.08. The average molecular weight is 294 g/mol. The van der Waals surface area contributed by atoms with Crippen molar-refractivity contribution in [1.29, 1.82) is 0 Å². The molecule has 20 heavy (non-hydrogen) atoms. The molecule has 0 saturated heterocycles. The van der Waals surface area contributed by atoms with Crippen molar-refractivity contribution in [2.24, 2.45) is 5.73 Å². The summed E-state index contributed by atoms with van der Waals surface area (Å²) in [6.45, 7) is 2.30. The average Bonchev–Trinajstić information content (AvgIpc) is 2.43. The molecule has 2 aromatic rings. The van der Waals surface area contributed by atoms with E-state index in [9.17, 15) is 4.39 Å². The second-order valence-corrected chi connectivity index (χ2v) is 5.21. The topological polar surface area (TPSA) is 35.2 Å². The lowest BCUT2D eigenvalue weighted by atomic mass is 10.0. The number of halogens is 2. The zero-order valence-corrected chi connectivity index (χ0v) is 12.0. The Labute approximate surface area is 123 Å². The van der Waals surface area contributed by atoms with Crippen LogP contribution in [-0.2, 0) is 11.3 Å². The maximum absolute atomic E-state index is 13.0. The number of benzene rings is 2. The third-order valence-electron chi connectivity index (χ3n) is 3.02. The first-order valence-corrected chi connectivity index (χ1v) is 6.81. The Morgan fingerprint density at radius 1 is 1.10 bits per heavy atom. The minimum atomic E-state index is -0.272. The van der Waals surface area contributed by atoms with Crippen LogP contribution in [0.3, 0.4) is 0 Å². The van der Waals surface area contributed by atoms with Crippen LogP contribution in [0, 0.1) is 5.82 Å². The van der Waals surface area contributed by atoms with Gasteiger partial charge >= 0.3 is 0 Å². The quantitative estimate of drug-likeness (QED) is 0.901.